The Labute approximate surface area is 99.3 Å². The van der Waals surface area contributed by atoms with Gasteiger partial charge in [-0.25, -0.2) is 4.98 Å². The molecule has 1 unspecified atom stereocenters. The minimum Gasteiger partial charge on any atom is -0.333 e. The zero-order chi connectivity index (χ0) is 12.2. The normalized spacial score (nSPS) is 14.1. The molecule has 1 aromatic rings. The van der Waals surface area contributed by atoms with Crippen LogP contribution in [0.1, 0.15) is 40.4 Å². The molecule has 1 aromatic heterocycles. The second-order valence-corrected chi connectivity index (χ2v) is 5.33. The van der Waals surface area contributed by atoms with Crippen LogP contribution in [0.2, 0.25) is 0 Å². The van der Waals surface area contributed by atoms with E-state index in [1.54, 1.807) is 0 Å². The summed E-state index contributed by atoms with van der Waals surface area (Å²) in [6.45, 7) is 13.2. The average Bonchev–Trinajstić information content (AvgIpc) is 2.63. The minimum absolute atomic E-state index is 0.269. The molecule has 0 radical (unpaired) electrons. The summed E-state index contributed by atoms with van der Waals surface area (Å²) in [5, 5.41) is 3.56. The Morgan fingerprint density at radius 3 is 2.56 bits per heavy atom. The molecule has 1 rings (SSSR count). The molecule has 3 heteroatoms. The number of nitrogens with one attached hydrogen (secondary N) is 1. The summed E-state index contributed by atoms with van der Waals surface area (Å²) in [5.41, 5.74) is 0.269. The molecule has 0 aliphatic carbocycles. The van der Waals surface area contributed by atoms with E-state index in [0.29, 0.717) is 6.04 Å². The maximum absolute atomic E-state index is 4.37. The van der Waals surface area contributed by atoms with Crippen LogP contribution >= 0.6 is 0 Å². The van der Waals surface area contributed by atoms with Gasteiger partial charge in [0.1, 0.15) is 5.82 Å². The first-order chi connectivity index (χ1) is 7.49. The third-order valence-corrected chi connectivity index (χ3v) is 2.99. The van der Waals surface area contributed by atoms with Gasteiger partial charge >= 0.3 is 0 Å². The fourth-order valence-electron chi connectivity index (χ4n) is 1.91. The first-order valence-electron chi connectivity index (χ1n) is 6.22. The summed E-state index contributed by atoms with van der Waals surface area (Å²) in [6, 6.07) is 0.483. The van der Waals surface area contributed by atoms with E-state index < -0.39 is 0 Å². The van der Waals surface area contributed by atoms with Crippen molar-refractivity contribution in [2.75, 3.05) is 6.54 Å². The number of hydrogen-bond acceptors (Lipinski definition) is 2. The van der Waals surface area contributed by atoms with Crippen LogP contribution < -0.4 is 5.32 Å². The van der Waals surface area contributed by atoms with Gasteiger partial charge in [0.25, 0.3) is 0 Å². The number of hydrogen-bond donors (Lipinski definition) is 1. The molecule has 0 spiro atoms. The van der Waals surface area contributed by atoms with Crippen LogP contribution in [0.25, 0.3) is 0 Å². The van der Waals surface area contributed by atoms with Crippen molar-refractivity contribution in [1.82, 2.24) is 14.9 Å². The van der Waals surface area contributed by atoms with E-state index in [0.717, 1.165) is 19.5 Å². The molecule has 1 N–H and O–H groups in total. The fourth-order valence-corrected chi connectivity index (χ4v) is 1.91. The second-order valence-electron chi connectivity index (χ2n) is 5.33. The zero-order valence-electron chi connectivity index (χ0n) is 11.2. The Morgan fingerprint density at radius 1 is 1.38 bits per heavy atom. The lowest BCUT2D eigenvalue weighted by Crippen LogP contribution is -2.43. The van der Waals surface area contributed by atoms with Crippen molar-refractivity contribution in [3.63, 3.8) is 0 Å². The number of imidazole rings is 1. The third-order valence-electron chi connectivity index (χ3n) is 2.99. The van der Waals surface area contributed by atoms with Gasteiger partial charge in [0.2, 0.25) is 0 Å². The molecule has 92 valence electrons. The Bertz CT molecular complexity index is 309. The highest BCUT2D eigenvalue weighted by molar-refractivity contribution is 4.94. The van der Waals surface area contributed by atoms with Crippen LogP contribution in [-0.2, 0) is 13.0 Å². The molecular weight excluding hydrogens is 198 g/mol. The summed E-state index contributed by atoms with van der Waals surface area (Å²) in [4.78, 5) is 4.37. The van der Waals surface area contributed by atoms with E-state index in [-0.39, 0.29) is 5.41 Å². The molecule has 1 heterocycles. The number of rotatable bonds is 5. The maximum atomic E-state index is 4.37. The van der Waals surface area contributed by atoms with Crippen molar-refractivity contribution >= 4 is 0 Å². The number of aromatic nitrogens is 2. The first kappa shape index (κ1) is 13.2. The predicted octanol–water partition coefficient (Wildman–Crippen LogP) is 2.47. The van der Waals surface area contributed by atoms with Gasteiger partial charge in [0.05, 0.1) is 0 Å². The molecule has 0 aromatic carbocycles. The van der Waals surface area contributed by atoms with Gasteiger partial charge < -0.3 is 9.88 Å². The highest BCUT2D eigenvalue weighted by Crippen LogP contribution is 2.21. The second kappa shape index (κ2) is 5.48. The van der Waals surface area contributed by atoms with Gasteiger partial charge in [-0.05, 0) is 12.0 Å². The summed E-state index contributed by atoms with van der Waals surface area (Å²) >= 11 is 0. The van der Waals surface area contributed by atoms with Gasteiger partial charge in [-0.2, -0.15) is 0 Å². The van der Waals surface area contributed by atoms with Crippen LogP contribution in [0.5, 0.6) is 0 Å². The lowest BCUT2D eigenvalue weighted by Gasteiger charge is -2.32. The van der Waals surface area contributed by atoms with Crippen molar-refractivity contribution in [3.05, 3.63) is 18.2 Å². The molecule has 0 fully saturated rings. The third kappa shape index (κ3) is 3.34. The van der Waals surface area contributed by atoms with Crippen LogP contribution in [0.4, 0.5) is 0 Å². The molecule has 0 amide bonds. The predicted molar refractivity (Wildman–Crippen MR) is 68.5 cm³/mol. The van der Waals surface area contributed by atoms with E-state index in [9.17, 15) is 0 Å². The number of nitrogens with zero attached hydrogens (tertiary/aromatic N) is 2. The molecule has 0 bridgehead atoms. The molecular formula is C13H25N3. The SMILES string of the molecule is CCNC(Cn1ccnc1CC)C(C)(C)C. The molecule has 3 nitrogen and oxygen atoms in total. The highest BCUT2D eigenvalue weighted by Gasteiger charge is 2.24. The lowest BCUT2D eigenvalue weighted by atomic mass is 9.86. The topological polar surface area (TPSA) is 29.9 Å². The van der Waals surface area contributed by atoms with Crippen LogP contribution in [0.15, 0.2) is 12.4 Å². The van der Waals surface area contributed by atoms with E-state index in [2.05, 4.69) is 55.7 Å². The smallest absolute Gasteiger partial charge is 0.108 e. The number of aryl methyl sites for hydroxylation is 1. The van der Waals surface area contributed by atoms with Gasteiger partial charge in [0.15, 0.2) is 0 Å². The van der Waals surface area contributed by atoms with Gasteiger partial charge in [-0.15, -0.1) is 0 Å². The summed E-state index contributed by atoms with van der Waals surface area (Å²) in [6.07, 6.45) is 4.97. The average molecular weight is 223 g/mol. The van der Waals surface area contributed by atoms with E-state index in [1.165, 1.54) is 5.82 Å². The monoisotopic (exact) mass is 223 g/mol. The quantitative estimate of drug-likeness (QED) is 0.831. The van der Waals surface area contributed by atoms with Gasteiger partial charge in [-0.3, -0.25) is 0 Å². The molecule has 0 aliphatic rings. The van der Waals surface area contributed by atoms with Crippen molar-refractivity contribution in [2.45, 2.75) is 53.6 Å². The Balaban J connectivity index is 2.75. The van der Waals surface area contributed by atoms with E-state index >= 15 is 0 Å². The summed E-state index contributed by atoms with van der Waals surface area (Å²) in [7, 11) is 0. The van der Waals surface area contributed by atoms with E-state index in [4.69, 9.17) is 0 Å². The van der Waals surface area contributed by atoms with Gasteiger partial charge in [0, 0.05) is 31.4 Å². The van der Waals surface area contributed by atoms with Crippen molar-refractivity contribution in [2.24, 2.45) is 5.41 Å². The fraction of sp³-hybridized carbons (Fsp3) is 0.769. The summed E-state index contributed by atoms with van der Waals surface area (Å²) in [5.74, 6) is 1.17. The van der Waals surface area contributed by atoms with Crippen molar-refractivity contribution in [1.29, 1.82) is 0 Å². The van der Waals surface area contributed by atoms with Crippen LogP contribution in [0.3, 0.4) is 0 Å². The summed E-state index contributed by atoms with van der Waals surface area (Å²) < 4.78 is 2.26. The maximum Gasteiger partial charge on any atom is 0.108 e. The Hall–Kier alpha value is -0.830. The molecule has 0 saturated heterocycles. The Morgan fingerprint density at radius 2 is 2.06 bits per heavy atom. The minimum atomic E-state index is 0.269. The lowest BCUT2D eigenvalue weighted by molar-refractivity contribution is 0.243. The molecule has 16 heavy (non-hydrogen) atoms. The van der Waals surface area contributed by atoms with Crippen LogP contribution in [0, 0.1) is 5.41 Å². The first-order valence-corrected chi connectivity index (χ1v) is 6.22. The largest absolute Gasteiger partial charge is 0.333 e. The molecule has 0 aliphatic heterocycles. The standard InChI is InChI=1S/C13H25N3/c1-6-12-15-8-9-16(12)10-11(14-7-2)13(3,4)5/h8-9,11,14H,6-7,10H2,1-5H3. The number of likely N-dealkylation sites (N-methyl/N-ethyl adjacent to an activating group) is 1. The molecule has 1 atom stereocenters. The van der Waals surface area contributed by atoms with Gasteiger partial charge in [-0.1, -0.05) is 34.6 Å². The van der Waals surface area contributed by atoms with E-state index in [1.807, 2.05) is 6.20 Å². The van der Waals surface area contributed by atoms with Crippen molar-refractivity contribution in [3.8, 4) is 0 Å². The highest BCUT2D eigenvalue weighted by atomic mass is 15.1. The zero-order valence-corrected chi connectivity index (χ0v) is 11.2. The van der Waals surface area contributed by atoms with Crippen LogP contribution in [-0.4, -0.2) is 22.1 Å². The van der Waals surface area contributed by atoms with Crippen molar-refractivity contribution < 1.29 is 0 Å². The Kier molecular flexibility index (Phi) is 4.54. The molecule has 0 saturated carbocycles.